The van der Waals surface area contributed by atoms with Gasteiger partial charge in [-0.05, 0) is 59.8 Å². The first-order chi connectivity index (χ1) is 10.6. The highest BCUT2D eigenvalue weighted by Gasteiger charge is 2.24. The van der Waals surface area contributed by atoms with E-state index in [1.54, 1.807) is 30.3 Å². The number of amides is 2. The van der Waals surface area contributed by atoms with Crippen molar-refractivity contribution in [2.75, 3.05) is 0 Å². The second-order valence-corrected chi connectivity index (χ2v) is 5.49. The summed E-state index contributed by atoms with van der Waals surface area (Å²) in [5.74, 6) is 0.412. The van der Waals surface area contributed by atoms with Gasteiger partial charge in [0, 0.05) is 0 Å². The molecule has 4 nitrogen and oxygen atoms in total. The van der Waals surface area contributed by atoms with Gasteiger partial charge in [0.1, 0.15) is 17.3 Å². The number of carbonyl (C=O) groups excluding carboxylic acids is 2. The number of ether oxygens (including phenoxy) is 1. The highest BCUT2D eigenvalue weighted by molar-refractivity contribution is 8.18. The van der Waals surface area contributed by atoms with E-state index in [4.69, 9.17) is 4.74 Å². The Morgan fingerprint density at radius 2 is 1.55 bits per heavy atom. The van der Waals surface area contributed by atoms with Crippen molar-refractivity contribution in [3.8, 4) is 11.5 Å². The molecule has 1 aliphatic heterocycles. The molecule has 2 aromatic carbocycles. The highest BCUT2D eigenvalue weighted by Crippen LogP contribution is 2.27. The van der Waals surface area contributed by atoms with Crippen molar-refractivity contribution >= 4 is 29.0 Å². The summed E-state index contributed by atoms with van der Waals surface area (Å²) in [5.41, 5.74) is 0.777. The predicted molar refractivity (Wildman–Crippen MR) is 82.0 cm³/mol. The summed E-state index contributed by atoms with van der Waals surface area (Å²) in [4.78, 5) is 22.9. The van der Waals surface area contributed by atoms with Crippen LogP contribution < -0.4 is 10.1 Å². The van der Waals surface area contributed by atoms with Gasteiger partial charge < -0.3 is 4.74 Å². The maximum atomic E-state index is 12.8. The third kappa shape index (κ3) is 3.35. The van der Waals surface area contributed by atoms with Gasteiger partial charge in [0.2, 0.25) is 0 Å². The van der Waals surface area contributed by atoms with E-state index in [2.05, 4.69) is 5.32 Å². The first-order valence-corrected chi connectivity index (χ1v) is 7.20. The molecule has 1 heterocycles. The molecule has 1 N–H and O–H groups in total. The quantitative estimate of drug-likeness (QED) is 0.872. The Morgan fingerprint density at radius 1 is 0.955 bits per heavy atom. The molecule has 0 atom stereocenters. The monoisotopic (exact) mass is 315 g/mol. The number of hydrogen-bond acceptors (Lipinski definition) is 4. The van der Waals surface area contributed by atoms with Gasteiger partial charge in [-0.3, -0.25) is 14.9 Å². The molecule has 1 aliphatic rings. The molecule has 22 heavy (non-hydrogen) atoms. The molecule has 6 heteroatoms. The molecule has 1 saturated heterocycles. The number of nitrogens with one attached hydrogen (secondary N) is 1. The van der Waals surface area contributed by atoms with Crippen molar-refractivity contribution in [1.82, 2.24) is 5.32 Å². The molecule has 0 unspecified atom stereocenters. The number of thioether (sulfide) groups is 1. The SMILES string of the molecule is O=C1NC(=O)C(=Cc2ccc(Oc3ccc(F)cc3)cc2)S1. The molecule has 0 bridgehead atoms. The van der Waals surface area contributed by atoms with Gasteiger partial charge in [0.25, 0.3) is 11.1 Å². The predicted octanol–water partition coefficient (Wildman–Crippen LogP) is 3.94. The van der Waals surface area contributed by atoms with Gasteiger partial charge in [0.05, 0.1) is 4.91 Å². The molecule has 0 spiro atoms. The first-order valence-electron chi connectivity index (χ1n) is 6.38. The van der Waals surface area contributed by atoms with Crippen LogP contribution in [0.3, 0.4) is 0 Å². The summed E-state index contributed by atoms with van der Waals surface area (Å²) in [6, 6.07) is 12.7. The largest absolute Gasteiger partial charge is 0.457 e. The van der Waals surface area contributed by atoms with Crippen molar-refractivity contribution in [3.63, 3.8) is 0 Å². The van der Waals surface area contributed by atoms with Crippen LogP contribution in [0.1, 0.15) is 5.56 Å². The Kier molecular flexibility index (Phi) is 3.93. The fraction of sp³-hybridized carbons (Fsp3) is 0. The van der Waals surface area contributed by atoms with Crippen LogP contribution in [0.5, 0.6) is 11.5 Å². The Bertz CT molecular complexity index is 754. The summed E-state index contributed by atoms with van der Waals surface area (Å²) >= 11 is 0.871. The van der Waals surface area contributed by atoms with Gasteiger partial charge in [-0.15, -0.1) is 0 Å². The summed E-state index contributed by atoms with van der Waals surface area (Å²) in [6.07, 6.45) is 1.63. The van der Waals surface area contributed by atoms with Crippen LogP contribution in [0, 0.1) is 5.82 Å². The number of rotatable bonds is 3. The molecule has 0 aromatic heterocycles. The number of imide groups is 1. The third-order valence-electron chi connectivity index (χ3n) is 2.87. The van der Waals surface area contributed by atoms with E-state index >= 15 is 0 Å². The van der Waals surface area contributed by atoms with Crippen molar-refractivity contribution in [2.24, 2.45) is 0 Å². The van der Waals surface area contributed by atoms with Gasteiger partial charge in [0.15, 0.2) is 0 Å². The maximum Gasteiger partial charge on any atom is 0.290 e. The van der Waals surface area contributed by atoms with Crippen molar-refractivity contribution in [2.45, 2.75) is 0 Å². The molecular formula is C16H10FNO3S. The van der Waals surface area contributed by atoms with Crippen LogP contribution in [0.2, 0.25) is 0 Å². The lowest BCUT2D eigenvalue weighted by Crippen LogP contribution is -2.17. The standard InChI is InChI=1S/C16H10FNO3S/c17-11-3-7-13(8-4-11)21-12-5-1-10(2-6-12)9-14-15(19)18-16(20)22-14/h1-9H,(H,18,19,20). The Hall–Kier alpha value is -2.60. The molecule has 1 fully saturated rings. The van der Waals surface area contributed by atoms with Crippen LogP contribution >= 0.6 is 11.8 Å². The average Bonchev–Trinajstić information content (AvgIpc) is 2.81. The van der Waals surface area contributed by atoms with Gasteiger partial charge in [-0.2, -0.15) is 0 Å². The zero-order valence-corrected chi connectivity index (χ0v) is 12.0. The van der Waals surface area contributed by atoms with E-state index in [9.17, 15) is 14.0 Å². The van der Waals surface area contributed by atoms with E-state index in [0.29, 0.717) is 16.4 Å². The Morgan fingerprint density at radius 3 is 2.09 bits per heavy atom. The minimum atomic E-state index is -0.387. The summed E-state index contributed by atoms with van der Waals surface area (Å²) in [7, 11) is 0. The number of benzene rings is 2. The molecule has 2 amide bonds. The zero-order valence-electron chi connectivity index (χ0n) is 11.2. The third-order valence-corrected chi connectivity index (χ3v) is 3.68. The fourth-order valence-corrected chi connectivity index (χ4v) is 2.53. The summed E-state index contributed by atoms with van der Waals surface area (Å²) < 4.78 is 18.4. The van der Waals surface area contributed by atoms with E-state index < -0.39 is 0 Å². The van der Waals surface area contributed by atoms with Gasteiger partial charge >= 0.3 is 0 Å². The van der Waals surface area contributed by atoms with Gasteiger partial charge in [-0.25, -0.2) is 4.39 Å². The zero-order chi connectivity index (χ0) is 15.5. The minimum Gasteiger partial charge on any atom is -0.457 e. The molecular weight excluding hydrogens is 305 g/mol. The average molecular weight is 315 g/mol. The molecule has 3 rings (SSSR count). The van der Waals surface area contributed by atoms with Crippen LogP contribution in [0.15, 0.2) is 53.4 Å². The van der Waals surface area contributed by atoms with E-state index in [0.717, 1.165) is 17.3 Å². The van der Waals surface area contributed by atoms with Gasteiger partial charge in [-0.1, -0.05) is 12.1 Å². The van der Waals surface area contributed by atoms with E-state index in [1.807, 2.05) is 0 Å². The van der Waals surface area contributed by atoms with Crippen LogP contribution in [-0.2, 0) is 4.79 Å². The molecule has 0 radical (unpaired) electrons. The number of carbonyl (C=O) groups is 2. The lowest BCUT2D eigenvalue weighted by Gasteiger charge is -2.05. The second-order valence-electron chi connectivity index (χ2n) is 4.48. The van der Waals surface area contributed by atoms with Crippen molar-refractivity contribution in [1.29, 1.82) is 0 Å². The van der Waals surface area contributed by atoms with Crippen LogP contribution in [0.25, 0.3) is 6.08 Å². The van der Waals surface area contributed by atoms with E-state index in [-0.39, 0.29) is 17.0 Å². The molecule has 110 valence electrons. The minimum absolute atomic E-state index is 0.323. The van der Waals surface area contributed by atoms with Crippen LogP contribution in [-0.4, -0.2) is 11.1 Å². The smallest absolute Gasteiger partial charge is 0.290 e. The second kappa shape index (κ2) is 6.03. The first kappa shape index (κ1) is 14.3. The fourth-order valence-electron chi connectivity index (χ4n) is 1.84. The summed E-state index contributed by atoms with van der Waals surface area (Å²) in [5, 5.41) is 1.83. The topological polar surface area (TPSA) is 55.4 Å². The molecule has 0 aliphatic carbocycles. The number of halogens is 1. The summed E-state index contributed by atoms with van der Waals surface area (Å²) in [6.45, 7) is 0. The molecule has 0 saturated carbocycles. The van der Waals surface area contributed by atoms with Crippen molar-refractivity contribution < 1.29 is 18.7 Å². The molecule has 2 aromatic rings. The Balaban J connectivity index is 1.73. The normalized spacial score (nSPS) is 16.0. The Labute approximate surface area is 130 Å². The van der Waals surface area contributed by atoms with E-state index in [1.165, 1.54) is 24.3 Å². The van der Waals surface area contributed by atoms with Crippen molar-refractivity contribution in [3.05, 3.63) is 64.8 Å². The highest BCUT2D eigenvalue weighted by atomic mass is 32.2. The maximum absolute atomic E-state index is 12.8. The van der Waals surface area contributed by atoms with Crippen LogP contribution in [0.4, 0.5) is 9.18 Å². The number of hydrogen-bond donors (Lipinski definition) is 1. The lowest BCUT2D eigenvalue weighted by molar-refractivity contribution is -0.115. The lowest BCUT2D eigenvalue weighted by atomic mass is 10.2.